The van der Waals surface area contributed by atoms with E-state index in [-0.39, 0.29) is 12.1 Å². The van der Waals surface area contributed by atoms with E-state index < -0.39 is 24.5 Å². The standard InChI is InChI=1S/C9H12F2N2O2/c10-9(11)5-4-8(15)13(12-5)6-2-1-3-7(6)14/h6-7,9,14H,1-4H2. The van der Waals surface area contributed by atoms with Crippen LogP contribution in [0.2, 0.25) is 0 Å². The van der Waals surface area contributed by atoms with Gasteiger partial charge in [0.05, 0.1) is 18.6 Å². The lowest BCUT2D eigenvalue weighted by Gasteiger charge is -2.22. The van der Waals surface area contributed by atoms with Crippen LogP contribution < -0.4 is 0 Å². The number of nitrogens with zero attached hydrogens (tertiary/aromatic N) is 2. The fourth-order valence-corrected chi connectivity index (χ4v) is 2.05. The summed E-state index contributed by atoms with van der Waals surface area (Å²) in [6.07, 6.45) is -1.59. The van der Waals surface area contributed by atoms with Crippen molar-refractivity contribution in [3.05, 3.63) is 0 Å². The van der Waals surface area contributed by atoms with E-state index in [9.17, 15) is 18.7 Å². The predicted molar refractivity (Wildman–Crippen MR) is 48.5 cm³/mol. The van der Waals surface area contributed by atoms with Gasteiger partial charge in [-0.15, -0.1) is 0 Å². The summed E-state index contributed by atoms with van der Waals surface area (Å²) in [5, 5.41) is 14.2. The van der Waals surface area contributed by atoms with Crippen LogP contribution in [0, 0.1) is 0 Å². The van der Waals surface area contributed by atoms with E-state index in [4.69, 9.17) is 0 Å². The zero-order valence-corrected chi connectivity index (χ0v) is 8.07. The van der Waals surface area contributed by atoms with Crippen LogP contribution in [0.3, 0.4) is 0 Å². The van der Waals surface area contributed by atoms with Crippen molar-refractivity contribution in [2.24, 2.45) is 5.10 Å². The van der Waals surface area contributed by atoms with Crippen LogP contribution in [0.5, 0.6) is 0 Å². The van der Waals surface area contributed by atoms with Crippen molar-refractivity contribution in [3.8, 4) is 0 Å². The summed E-state index contributed by atoms with van der Waals surface area (Å²) in [5.74, 6) is -0.434. The molecule has 15 heavy (non-hydrogen) atoms. The van der Waals surface area contributed by atoms with E-state index in [1.165, 1.54) is 0 Å². The number of hydrazone groups is 1. The highest BCUT2D eigenvalue weighted by atomic mass is 19.3. The Morgan fingerprint density at radius 3 is 2.67 bits per heavy atom. The molecule has 6 heteroatoms. The average Bonchev–Trinajstić information content (AvgIpc) is 2.71. The van der Waals surface area contributed by atoms with E-state index in [1.807, 2.05) is 0 Å². The molecule has 0 bridgehead atoms. The van der Waals surface area contributed by atoms with Gasteiger partial charge in [-0.2, -0.15) is 5.10 Å². The van der Waals surface area contributed by atoms with E-state index >= 15 is 0 Å². The summed E-state index contributed by atoms with van der Waals surface area (Å²) in [6, 6.07) is -0.409. The summed E-state index contributed by atoms with van der Waals surface area (Å²) in [4.78, 5) is 11.4. The van der Waals surface area contributed by atoms with Gasteiger partial charge in [-0.3, -0.25) is 4.79 Å². The zero-order chi connectivity index (χ0) is 11.0. The molecule has 1 aliphatic carbocycles. The zero-order valence-electron chi connectivity index (χ0n) is 8.07. The number of carbonyl (C=O) groups is 1. The molecule has 2 unspecified atom stereocenters. The molecule has 2 atom stereocenters. The minimum absolute atomic E-state index is 0.319. The average molecular weight is 218 g/mol. The first-order chi connectivity index (χ1) is 7.09. The Hall–Kier alpha value is -1.04. The quantitative estimate of drug-likeness (QED) is 0.743. The number of halogens is 2. The van der Waals surface area contributed by atoms with Gasteiger partial charge in [0.1, 0.15) is 5.71 Å². The maximum Gasteiger partial charge on any atom is 0.278 e. The second-order valence-electron chi connectivity index (χ2n) is 3.87. The van der Waals surface area contributed by atoms with Crippen molar-refractivity contribution in [2.45, 2.75) is 44.3 Å². The Kier molecular flexibility index (Phi) is 2.68. The SMILES string of the molecule is O=C1CC(C(F)F)=NN1C1CCCC1O. The van der Waals surface area contributed by atoms with E-state index in [2.05, 4.69) is 5.10 Å². The van der Waals surface area contributed by atoms with Gasteiger partial charge in [-0.05, 0) is 19.3 Å². The highest BCUT2D eigenvalue weighted by molar-refractivity contribution is 6.06. The number of alkyl halides is 2. The van der Waals surface area contributed by atoms with Gasteiger partial charge in [0.15, 0.2) is 0 Å². The fourth-order valence-electron chi connectivity index (χ4n) is 2.05. The van der Waals surface area contributed by atoms with Crippen LogP contribution in [0.15, 0.2) is 5.10 Å². The molecular formula is C9H12F2N2O2. The first kappa shape index (κ1) is 10.5. The number of hydrogen-bond donors (Lipinski definition) is 1. The maximum atomic E-state index is 12.3. The van der Waals surface area contributed by atoms with Crippen molar-refractivity contribution < 1.29 is 18.7 Å². The molecule has 0 aromatic carbocycles. The Morgan fingerprint density at radius 1 is 1.47 bits per heavy atom. The van der Waals surface area contributed by atoms with Gasteiger partial charge >= 0.3 is 0 Å². The van der Waals surface area contributed by atoms with Crippen LogP contribution in [0.25, 0.3) is 0 Å². The Labute approximate surface area is 85.6 Å². The van der Waals surface area contributed by atoms with E-state index in [0.717, 1.165) is 11.4 Å². The Bertz CT molecular complexity index is 306. The molecule has 1 aliphatic heterocycles. The van der Waals surface area contributed by atoms with Crippen LogP contribution in [-0.2, 0) is 4.79 Å². The molecule has 4 nitrogen and oxygen atoms in total. The molecule has 2 aliphatic rings. The Morgan fingerprint density at radius 2 is 2.20 bits per heavy atom. The molecule has 1 N–H and O–H groups in total. The van der Waals surface area contributed by atoms with Crippen LogP contribution in [-0.4, -0.2) is 40.3 Å². The molecule has 1 saturated carbocycles. The molecule has 0 saturated heterocycles. The Balaban J connectivity index is 2.12. The second kappa shape index (κ2) is 3.84. The molecule has 1 amide bonds. The highest BCUT2D eigenvalue weighted by Gasteiger charge is 2.38. The lowest BCUT2D eigenvalue weighted by molar-refractivity contribution is -0.132. The normalized spacial score (nSPS) is 31.6. The van der Waals surface area contributed by atoms with Gasteiger partial charge in [0.2, 0.25) is 5.91 Å². The van der Waals surface area contributed by atoms with Gasteiger partial charge < -0.3 is 5.11 Å². The number of rotatable bonds is 2. The first-order valence-electron chi connectivity index (χ1n) is 4.95. The summed E-state index contributed by atoms with van der Waals surface area (Å²) in [7, 11) is 0. The summed E-state index contributed by atoms with van der Waals surface area (Å²) >= 11 is 0. The van der Waals surface area contributed by atoms with Crippen molar-refractivity contribution in [1.29, 1.82) is 0 Å². The van der Waals surface area contributed by atoms with Gasteiger partial charge in [-0.1, -0.05) is 0 Å². The molecule has 0 radical (unpaired) electrons. The van der Waals surface area contributed by atoms with E-state index in [0.29, 0.717) is 12.8 Å². The fraction of sp³-hybridized carbons (Fsp3) is 0.778. The van der Waals surface area contributed by atoms with Crippen LogP contribution >= 0.6 is 0 Å². The summed E-state index contributed by atoms with van der Waals surface area (Å²) < 4.78 is 24.6. The molecule has 0 aromatic rings. The summed E-state index contributed by atoms with van der Waals surface area (Å²) in [5.41, 5.74) is -0.390. The molecule has 0 spiro atoms. The predicted octanol–water partition coefficient (Wildman–Crippen LogP) is 0.753. The van der Waals surface area contributed by atoms with Gasteiger partial charge in [0.25, 0.3) is 6.43 Å². The van der Waals surface area contributed by atoms with Gasteiger partial charge in [0, 0.05) is 0 Å². The summed E-state index contributed by atoms with van der Waals surface area (Å²) in [6.45, 7) is 0. The number of carbonyl (C=O) groups excluding carboxylic acids is 1. The smallest absolute Gasteiger partial charge is 0.278 e. The molecule has 0 aromatic heterocycles. The highest BCUT2D eigenvalue weighted by Crippen LogP contribution is 2.28. The number of hydrogen-bond acceptors (Lipinski definition) is 3. The van der Waals surface area contributed by atoms with Crippen molar-refractivity contribution in [1.82, 2.24) is 5.01 Å². The number of amides is 1. The topological polar surface area (TPSA) is 52.9 Å². The van der Waals surface area contributed by atoms with Crippen molar-refractivity contribution in [2.75, 3.05) is 0 Å². The first-order valence-corrected chi connectivity index (χ1v) is 4.95. The lowest BCUT2D eigenvalue weighted by atomic mass is 10.2. The lowest BCUT2D eigenvalue weighted by Crippen LogP contribution is -2.38. The van der Waals surface area contributed by atoms with Crippen LogP contribution in [0.4, 0.5) is 8.78 Å². The molecule has 1 heterocycles. The number of aliphatic hydroxyl groups is 1. The molecule has 1 fully saturated rings. The third-order valence-corrected chi connectivity index (χ3v) is 2.83. The minimum atomic E-state index is -2.68. The maximum absolute atomic E-state index is 12.3. The third-order valence-electron chi connectivity index (χ3n) is 2.83. The molecular weight excluding hydrogens is 206 g/mol. The van der Waals surface area contributed by atoms with Crippen molar-refractivity contribution in [3.63, 3.8) is 0 Å². The number of aliphatic hydroxyl groups excluding tert-OH is 1. The van der Waals surface area contributed by atoms with Gasteiger partial charge in [-0.25, -0.2) is 13.8 Å². The largest absolute Gasteiger partial charge is 0.391 e. The minimum Gasteiger partial charge on any atom is -0.391 e. The van der Waals surface area contributed by atoms with Crippen molar-refractivity contribution >= 4 is 11.6 Å². The third kappa shape index (κ3) is 1.86. The van der Waals surface area contributed by atoms with Crippen LogP contribution in [0.1, 0.15) is 25.7 Å². The monoisotopic (exact) mass is 218 g/mol. The second-order valence-corrected chi connectivity index (χ2v) is 3.87. The molecule has 2 rings (SSSR count). The molecule has 84 valence electrons. The van der Waals surface area contributed by atoms with E-state index in [1.54, 1.807) is 0 Å².